The molecule has 4 nitrogen and oxygen atoms in total. The van der Waals surface area contributed by atoms with Crippen molar-refractivity contribution in [3.63, 3.8) is 0 Å². The van der Waals surface area contributed by atoms with E-state index in [2.05, 4.69) is 5.32 Å². The Balaban J connectivity index is 2.44. The van der Waals surface area contributed by atoms with E-state index < -0.39 is 12.0 Å². The van der Waals surface area contributed by atoms with Gasteiger partial charge in [0, 0.05) is 12.2 Å². The van der Waals surface area contributed by atoms with E-state index in [4.69, 9.17) is 10.8 Å². The van der Waals surface area contributed by atoms with Crippen LogP contribution in [-0.4, -0.2) is 11.1 Å². The van der Waals surface area contributed by atoms with Gasteiger partial charge >= 0.3 is 5.97 Å². The summed E-state index contributed by atoms with van der Waals surface area (Å²) in [6, 6.07) is 4.73. The van der Waals surface area contributed by atoms with Crippen molar-refractivity contribution >= 4 is 11.7 Å². The number of carboxylic acid groups (broad SMARTS) is 1. The van der Waals surface area contributed by atoms with Crippen molar-refractivity contribution in [1.82, 2.24) is 5.32 Å². The van der Waals surface area contributed by atoms with Crippen LogP contribution in [0.3, 0.4) is 0 Å². The van der Waals surface area contributed by atoms with E-state index >= 15 is 0 Å². The first-order valence-electron chi connectivity index (χ1n) is 4.03. The molecule has 4 N–H and O–H groups in total. The Hall–Kier alpha value is -1.55. The fourth-order valence-corrected chi connectivity index (χ4v) is 1.60. The lowest BCUT2D eigenvalue weighted by molar-refractivity contribution is -0.139. The van der Waals surface area contributed by atoms with E-state index in [1.807, 2.05) is 6.07 Å². The van der Waals surface area contributed by atoms with Crippen LogP contribution in [0.4, 0.5) is 5.69 Å². The number of hydrogen-bond donors (Lipinski definition) is 3. The molecule has 0 unspecified atom stereocenters. The molecule has 0 amide bonds. The van der Waals surface area contributed by atoms with Gasteiger partial charge in [-0.2, -0.15) is 0 Å². The largest absolute Gasteiger partial charge is 0.480 e. The first-order valence-corrected chi connectivity index (χ1v) is 4.03. The molecule has 0 aromatic heterocycles. The van der Waals surface area contributed by atoms with Crippen molar-refractivity contribution in [3.8, 4) is 0 Å². The van der Waals surface area contributed by atoms with Crippen LogP contribution in [0.1, 0.15) is 17.2 Å². The highest BCUT2D eigenvalue weighted by atomic mass is 16.4. The lowest BCUT2D eigenvalue weighted by Crippen LogP contribution is -2.21. The van der Waals surface area contributed by atoms with Crippen molar-refractivity contribution in [2.75, 3.05) is 5.73 Å². The van der Waals surface area contributed by atoms with Gasteiger partial charge < -0.3 is 10.8 Å². The molecular weight excluding hydrogens is 168 g/mol. The molecular formula is C9H10N2O2. The Morgan fingerprint density at radius 1 is 1.62 bits per heavy atom. The summed E-state index contributed by atoms with van der Waals surface area (Å²) in [7, 11) is 0. The number of rotatable bonds is 1. The summed E-state index contributed by atoms with van der Waals surface area (Å²) in [6.07, 6.45) is 0. The topological polar surface area (TPSA) is 75.3 Å². The van der Waals surface area contributed by atoms with Crippen LogP contribution in [0, 0.1) is 0 Å². The Bertz CT molecular complexity index is 363. The van der Waals surface area contributed by atoms with E-state index in [0.717, 1.165) is 11.1 Å². The predicted octanol–water partition coefficient (Wildman–Crippen LogP) is 0.498. The van der Waals surface area contributed by atoms with Gasteiger partial charge in [0.05, 0.1) is 0 Å². The van der Waals surface area contributed by atoms with Crippen molar-refractivity contribution in [1.29, 1.82) is 0 Å². The second-order valence-corrected chi connectivity index (χ2v) is 3.11. The number of fused-ring (bicyclic) bond motifs is 1. The maximum atomic E-state index is 10.8. The van der Waals surface area contributed by atoms with E-state index in [0.29, 0.717) is 12.2 Å². The molecule has 1 aliphatic heterocycles. The molecule has 1 aromatic rings. The third-order valence-corrected chi connectivity index (χ3v) is 2.22. The molecule has 0 saturated carbocycles. The molecule has 0 spiro atoms. The highest BCUT2D eigenvalue weighted by Gasteiger charge is 2.27. The summed E-state index contributed by atoms with van der Waals surface area (Å²) < 4.78 is 0. The summed E-state index contributed by atoms with van der Waals surface area (Å²) in [4.78, 5) is 10.8. The molecule has 13 heavy (non-hydrogen) atoms. The number of aliphatic carboxylic acids is 1. The number of nitrogens with two attached hydrogens (primary N) is 1. The average Bonchev–Trinajstić information content (AvgIpc) is 2.46. The lowest BCUT2D eigenvalue weighted by atomic mass is 10.0. The summed E-state index contributed by atoms with van der Waals surface area (Å²) >= 11 is 0. The Morgan fingerprint density at radius 3 is 3.08 bits per heavy atom. The average molecular weight is 178 g/mol. The third kappa shape index (κ3) is 1.25. The lowest BCUT2D eigenvalue weighted by Gasteiger charge is -2.05. The molecule has 0 fully saturated rings. The van der Waals surface area contributed by atoms with E-state index in [1.54, 1.807) is 12.1 Å². The van der Waals surface area contributed by atoms with Crippen LogP contribution in [0.5, 0.6) is 0 Å². The summed E-state index contributed by atoms with van der Waals surface area (Å²) in [5, 5.41) is 11.7. The number of carboxylic acids is 1. The molecule has 0 saturated heterocycles. The first-order chi connectivity index (χ1) is 6.18. The van der Waals surface area contributed by atoms with Gasteiger partial charge in [-0.15, -0.1) is 0 Å². The Labute approximate surface area is 75.4 Å². The van der Waals surface area contributed by atoms with Crippen LogP contribution < -0.4 is 11.1 Å². The minimum absolute atomic E-state index is 0.574. The van der Waals surface area contributed by atoms with E-state index in [1.165, 1.54) is 0 Å². The van der Waals surface area contributed by atoms with Gasteiger partial charge in [-0.05, 0) is 23.3 Å². The van der Waals surface area contributed by atoms with Crippen LogP contribution in [-0.2, 0) is 11.3 Å². The summed E-state index contributed by atoms with van der Waals surface area (Å²) in [6.45, 7) is 0.581. The van der Waals surface area contributed by atoms with Gasteiger partial charge in [-0.1, -0.05) is 6.07 Å². The van der Waals surface area contributed by atoms with Crippen molar-refractivity contribution in [3.05, 3.63) is 29.3 Å². The number of benzene rings is 1. The van der Waals surface area contributed by atoms with Gasteiger partial charge in [0.25, 0.3) is 0 Å². The van der Waals surface area contributed by atoms with Gasteiger partial charge in [0.2, 0.25) is 0 Å². The summed E-state index contributed by atoms with van der Waals surface area (Å²) in [5.41, 5.74) is 8.05. The normalized spacial score (nSPS) is 19.8. The predicted molar refractivity (Wildman–Crippen MR) is 48.1 cm³/mol. The van der Waals surface area contributed by atoms with Crippen molar-refractivity contribution in [2.45, 2.75) is 12.6 Å². The zero-order valence-electron chi connectivity index (χ0n) is 6.95. The number of anilines is 1. The van der Waals surface area contributed by atoms with Gasteiger partial charge in [0.1, 0.15) is 6.04 Å². The van der Waals surface area contributed by atoms with Crippen molar-refractivity contribution in [2.24, 2.45) is 0 Å². The fraction of sp³-hybridized carbons (Fsp3) is 0.222. The number of nitrogens with one attached hydrogen (secondary N) is 1. The zero-order valence-corrected chi connectivity index (χ0v) is 6.95. The maximum absolute atomic E-state index is 10.8. The van der Waals surface area contributed by atoms with E-state index in [-0.39, 0.29) is 0 Å². The minimum atomic E-state index is -0.844. The molecule has 2 rings (SSSR count). The van der Waals surface area contributed by atoms with Crippen molar-refractivity contribution < 1.29 is 9.90 Å². The monoisotopic (exact) mass is 178 g/mol. The minimum Gasteiger partial charge on any atom is -0.480 e. The molecule has 1 aliphatic rings. The van der Waals surface area contributed by atoms with Crippen LogP contribution in [0.25, 0.3) is 0 Å². The second kappa shape index (κ2) is 2.74. The van der Waals surface area contributed by atoms with Crippen LogP contribution in [0.2, 0.25) is 0 Å². The van der Waals surface area contributed by atoms with Gasteiger partial charge in [0.15, 0.2) is 0 Å². The zero-order chi connectivity index (χ0) is 9.42. The Kier molecular flexibility index (Phi) is 1.70. The quantitative estimate of drug-likeness (QED) is 0.547. The smallest absolute Gasteiger partial charge is 0.325 e. The Morgan fingerprint density at radius 2 is 2.38 bits per heavy atom. The second-order valence-electron chi connectivity index (χ2n) is 3.11. The summed E-state index contributed by atoms with van der Waals surface area (Å²) in [5.74, 6) is -0.844. The van der Waals surface area contributed by atoms with Gasteiger partial charge in [-0.25, -0.2) is 0 Å². The number of carbonyl (C=O) groups is 1. The molecule has 1 heterocycles. The molecule has 4 heteroatoms. The van der Waals surface area contributed by atoms with Crippen LogP contribution >= 0.6 is 0 Å². The highest BCUT2D eigenvalue weighted by Crippen LogP contribution is 2.26. The van der Waals surface area contributed by atoms with Crippen LogP contribution in [0.15, 0.2) is 18.2 Å². The fourth-order valence-electron chi connectivity index (χ4n) is 1.60. The maximum Gasteiger partial charge on any atom is 0.325 e. The first kappa shape index (κ1) is 8.07. The van der Waals surface area contributed by atoms with E-state index in [9.17, 15) is 4.79 Å². The molecule has 0 radical (unpaired) electrons. The molecule has 0 bridgehead atoms. The SMILES string of the molecule is Nc1ccc2c(c1)CN[C@H]2C(=O)O. The molecule has 1 atom stereocenters. The number of hydrogen-bond acceptors (Lipinski definition) is 3. The molecule has 68 valence electrons. The van der Waals surface area contributed by atoms with Gasteiger partial charge in [-0.3, -0.25) is 10.1 Å². The number of nitrogen functional groups attached to an aromatic ring is 1. The highest BCUT2D eigenvalue weighted by molar-refractivity contribution is 5.77. The third-order valence-electron chi connectivity index (χ3n) is 2.22. The molecule has 0 aliphatic carbocycles. The molecule has 1 aromatic carbocycles. The standard InChI is InChI=1S/C9H10N2O2/c10-6-1-2-7-5(3-6)4-11-8(7)9(12)13/h1-3,8,11H,4,10H2,(H,12,13)/t8-/m1/s1.